The van der Waals surface area contributed by atoms with E-state index >= 15 is 0 Å². The highest BCUT2D eigenvalue weighted by molar-refractivity contribution is 5.25. The minimum atomic E-state index is 0.965. The normalized spacial score (nSPS) is 8.88. The van der Waals surface area contributed by atoms with Crippen LogP contribution in [0.2, 0.25) is 0 Å². The van der Waals surface area contributed by atoms with Gasteiger partial charge in [0.1, 0.15) is 0 Å². The molecule has 16 heavy (non-hydrogen) atoms. The van der Waals surface area contributed by atoms with Gasteiger partial charge in [-0.05, 0) is 38.9 Å². The quantitative estimate of drug-likeness (QED) is 0.733. The van der Waals surface area contributed by atoms with Crippen molar-refractivity contribution in [2.24, 2.45) is 0 Å². The van der Waals surface area contributed by atoms with Crippen molar-refractivity contribution in [2.45, 2.75) is 41.2 Å². The van der Waals surface area contributed by atoms with Gasteiger partial charge >= 0.3 is 0 Å². The largest absolute Gasteiger partial charge is 0.316 e. The Bertz CT molecular complexity index is 260. The molecule has 92 valence electrons. The summed E-state index contributed by atoms with van der Waals surface area (Å²) in [4.78, 5) is 0. The molecule has 1 aromatic rings. The molecule has 1 aromatic carbocycles. The highest BCUT2D eigenvalue weighted by atomic mass is 14.8. The first-order valence-electron chi connectivity index (χ1n) is 6.02. The number of allylic oxidation sites excluding steroid dienone is 2. The van der Waals surface area contributed by atoms with Gasteiger partial charge in [0, 0.05) is 6.54 Å². The van der Waals surface area contributed by atoms with Crippen LogP contribution in [0.15, 0.2) is 36.4 Å². The maximum absolute atomic E-state index is 3.12. The Morgan fingerprint density at radius 1 is 1.06 bits per heavy atom. The molecule has 1 rings (SSSR count). The second kappa shape index (κ2) is 13.9. The van der Waals surface area contributed by atoms with E-state index in [1.807, 2.05) is 46.9 Å². The van der Waals surface area contributed by atoms with Gasteiger partial charge in [0.25, 0.3) is 0 Å². The van der Waals surface area contributed by atoms with E-state index in [1.165, 1.54) is 11.1 Å². The highest BCUT2D eigenvalue weighted by Gasteiger charge is 1.91. The number of hydrogen-bond donors (Lipinski definition) is 1. The Balaban J connectivity index is 0. The van der Waals surface area contributed by atoms with Gasteiger partial charge < -0.3 is 5.32 Å². The lowest BCUT2D eigenvalue weighted by molar-refractivity contribution is 0.812. The molecule has 0 fully saturated rings. The van der Waals surface area contributed by atoms with E-state index in [0.717, 1.165) is 6.54 Å². The van der Waals surface area contributed by atoms with Crippen molar-refractivity contribution < 1.29 is 0 Å². The molecule has 0 unspecified atom stereocenters. The summed E-state index contributed by atoms with van der Waals surface area (Å²) < 4.78 is 0. The van der Waals surface area contributed by atoms with Crippen LogP contribution in [0.5, 0.6) is 0 Å². The third-order valence-electron chi connectivity index (χ3n) is 1.96. The van der Waals surface area contributed by atoms with Gasteiger partial charge in [0.05, 0.1) is 0 Å². The summed E-state index contributed by atoms with van der Waals surface area (Å²) in [5, 5.41) is 3.12. The average Bonchev–Trinajstić information content (AvgIpc) is 2.35. The Labute approximate surface area is 102 Å². The molecule has 1 N–H and O–H groups in total. The highest BCUT2D eigenvalue weighted by Crippen LogP contribution is 2.05. The van der Waals surface area contributed by atoms with E-state index in [0.29, 0.717) is 0 Å². The summed E-state index contributed by atoms with van der Waals surface area (Å²) >= 11 is 0. The first kappa shape index (κ1) is 17.3. The van der Waals surface area contributed by atoms with Crippen molar-refractivity contribution in [2.75, 3.05) is 7.05 Å². The summed E-state index contributed by atoms with van der Waals surface area (Å²) in [6.07, 6.45) is 4.00. The molecular formula is C15H27N. The summed E-state index contributed by atoms with van der Waals surface area (Å²) in [6.45, 7) is 11.1. The molecule has 0 heterocycles. The van der Waals surface area contributed by atoms with E-state index in [1.54, 1.807) is 0 Å². The Morgan fingerprint density at radius 3 is 1.94 bits per heavy atom. The predicted octanol–water partition coefficient (Wildman–Crippen LogP) is 4.32. The van der Waals surface area contributed by atoms with Crippen LogP contribution in [0, 0.1) is 6.92 Å². The SMILES string of the molecule is C/C=C\C.CC.CNCc1ccccc1C. The lowest BCUT2D eigenvalue weighted by atomic mass is 10.1. The summed E-state index contributed by atoms with van der Waals surface area (Å²) in [7, 11) is 1.96. The number of hydrogen-bond acceptors (Lipinski definition) is 1. The van der Waals surface area contributed by atoms with Crippen molar-refractivity contribution >= 4 is 0 Å². The molecule has 1 nitrogen and oxygen atoms in total. The van der Waals surface area contributed by atoms with Crippen LogP contribution in [-0.4, -0.2) is 7.05 Å². The van der Waals surface area contributed by atoms with Crippen LogP contribution >= 0.6 is 0 Å². The molecule has 0 amide bonds. The standard InChI is InChI=1S/C9H13N.C4H8.C2H6/c1-8-5-3-4-6-9(8)7-10-2;1-3-4-2;1-2/h3-6,10H,7H2,1-2H3;3-4H,1-2H3;1-2H3/b;4-3-;. The summed E-state index contributed by atoms with van der Waals surface area (Å²) in [5.41, 5.74) is 2.74. The lowest BCUT2D eigenvalue weighted by Gasteiger charge is -2.02. The second-order valence-electron chi connectivity index (χ2n) is 3.12. The van der Waals surface area contributed by atoms with E-state index in [4.69, 9.17) is 0 Å². The van der Waals surface area contributed by atoms with Gasteiger partial charge in [-0.25, -0.2) is 0 Å². The molecule has 1 heteroatoms. The summed E-state index contributed by atoms with van der Waals surface area (Å²) in [5.74, 6) is 0. The fourth-order valence-corrected chi connectivity index (χ4v) is 0.999. The van der Waals surface area contributed by atoms with Crippen LogP contribution in [0.25, 0.3) is 0 Å². The molecule has 0 aliphatic carbocycles. The summed E-state index contributed by atoms with van der Waals surface area (Å²) in [6, 6.07) is 8.41. The zero-order valence-electron chi connectivity index (χ0n) is 11.7. The Hall–Kier alpha value is -1.08. The van der Waals surface area contributed by atoms with Crippen molar-refractivity contribution in [3.05, 3.63) is 47.5 Å². The minimum Gasteiger partial charge on any atom is -0.316 e. The molecule has 0 radical (unpaired) electrons. The zero-order valence-corrected chi connectivity index (χ0v) is 11.7. The van der Waals surface area contributed by atoms with Crippen molar-refractivity contribution in [3.63, 3.8) is 0 Å². The Kier molecular flexibility index (Phi) is 15.1. The molecule has 0 aromatic heterocycles. The van der Waals surface area contributed by atoms with Gasteiger partial charge in [-0.3, -0.25) is 0 Å². The maximum Gasteiger partial charge on any atom is 0.0205 e. The van der Waals surface area contributed by atoms with Crippen molar-refractivity contribution in [1.82, 2.24) is 5.32 Å². The predicted molar refractivity (Wildman–Crippen MR) is 75.8 cm³/mol. The number of nitrogens with one attached hydrogen (secondary N) is 1. The topological polar surface area (TPSA) is 12.0 Å². The van der Waals surface area contributed by atoms with Crippen LogP contribution in [0.1, 0.15) is 38.8 Å². The van der Waals surface area contributed by atoms with E-state index < -0.39 is 0 Å². The fraction of sp³-hybridized carbons (Fsp3) is 0.467. The average molecular weight is 221 g/mol. The molecule has 0 bridgehead atoms. The van der Waals surface area contributed by atoms with Gasteiger partial charge in [-0.1, -0.05) is 50.3 Å². The molecule has 0 spiro atoms. The molecule has 0 aliphatic heterocycles. The maximum atomic E-state index is 3.12. The third kappa shape index (κ3) is 9.47. The van der Waals surface area contributed by atoms with Crippen LogP contribution in [0.4, 0.5) is 0 Å². The van der Waals surface area contributed by atoms with Gasteiger partial charge in [0.2, 0.25) is 0 Å². The monoisotopic (exact) mass is 221 g/mol. The van der Waals surface area contributed by atoms with E-state index in [-0.39, 0.29) is 0 Å². The minimum absolute atomic E-state index is 0.965. The van der Waals surface area contributed by atoms with Crippen LogP contribution < -0.4 is 5.32 Å². The van der Waals surface area contributed by atoms with Crippen LogP contribution in [-0.2, 0) is 6.54 Å². The van der Waals surface area contributed by atoms with E-state index in [9.17, 15) is 0 Å². The number of rotatable bonds is 2. The zero-order chi connectivity index (χ0) is 12.8. The smallest absolute Gasteiger partial charge is 0.0205 e. The molecule has 0 atom stereocenters. The fourth-order valence-electron chi connectivity index (χ4n) is 0.999. The third-order valence-corrected chi connectivity index (χ3v) is 1.96. The second-order valence-corrected chi connectivity index (χ2v) is 3.12. The number of benzene rings is 1. The van der Waals surface area contributed by atoms with Crippen molar-refractivity contribution in [3.8, 4) is 0 Å². The van der Waals surface area contributed by atoms with Gasteiger partial charge in [-0.2, -0.15) is 0 Å². The van der Waals surface area contributed by atoms with E-state index in [2.05, 4.69) is 36.5 Å². The first-order chi connectivity index (χ1) is 7.76. The van der Waals surface area contributed by atoms with Gasteiger partial charge in [-0.15, -0.1) is 0 Å². The van der Waals surface area contributed by atoms with Crippen molar-refractivity contribution in [1.29, 1.82) is 0 Å². The molecule has 0 saturated heterocycles. The molecular weight excluding hydrogens is 194 g/mol. The lowest BCUT2D eigenvalue weighted by Crippen LogP contribution is -2.05. The molecule has 0 saturated carbocycles. The number of aryl methyl sites for hydroxylation is 1. The first-order valence-corrected chi connectivity index (χ1v) is 6.02. The Morgan fingerprint density at radius 2 is 1.56 bits per heavy atom. The van der Waals surface area contributed by atoms with Crippen LogP contribution in [0.3, 0.4) is 0 Å². The van der Waals surface area contributed by atoms with Gasteiger partial charge in [0.15, 0.2) is 0 Å². The molecule has 0 aliphatic rings.